The number of β-amino-alcohol motifs (C(OH)–C–C–N with tert-alkyl or cyclic N) is 1. The van der Waals surface area contributed by atoms with E-state index in [0.717, 1.165) is 25.3 Å². The van der Waals surface area contributed by atoms with Crippen LogP contribution in [0, 0.1) is 0 Å². The molecule has 0 aromatic heterocycles. The van der Waals surface area contributed by atoms with Crippen LogP contribution in [0.2, 0.25) is 0 Å². The van der Waals surface area contributed by atoms with Gasteiger partial charge < -0.3 is 15.2 Å². The van der Waals surface area contributed by atoms with E-state index in [9.17, 15) is 5.11 Å². The van der Waals surface area contributed by atoms with Crippen LogP contribution in [-0.4, -0.2) is 40.8 Å². The Hall–Kier alpha value is -1.88. The Morgan fingerprint density at radius 1 is 1.10 bits per heavy atom. The van der Waals surface area contributed by atoms with Crippen molar-refractivity contribution in [1.82, 2.24) is 10.2 Å². The number of hydrogen-bond acceptors (Lipinski definition) is 4. The van der Waals surface area contributed by atoms with Crippen LogP contribution < -0.4 is 10.1 Å². The van der Waals surface area contributed by atoms with Crippen molar-refractivity contribution in [2.45, 2.75) is 83.3 Å². The average molecular weight is 409 g/mol. The van der Waals surface area contributed by atoms with Gasteiger partial charge in [0.1, 0.15) is 18.0 Å². The number of hydrogen-bond donors (Lipinski definition) is 2. The van der Waals surface area contributed by atoms with Crippen LogP contribution in [0.15, 0.2) is 48.5 Å². The van der Waals surface area contributed by atoms with Crippen molar-refractivity contribution in [2.75, 3.05) is 6.54 Å². The average Bonchev–Trinajstić information content (AvgIpc) is 3.27. The summed E-state index contributed by atoms with van der Waals surface area (Å²) < 4.78 is 6.13. The number of benzene rings is 2. The van der Waals surface area contributed by atoms with Gasteiger partial charge in [-0.3, -0.25) is 4.90 Å². The van der Waals surface area contributed by atoms with E-state index in [-0.39, 0.29) is 6.10 Å². The molecule has 162 valence electrons. The maximum Gasteiger partial charge on any atom is 0.123 e. The zero-order valence-corrected chi connectivity index (χ0v) is 18.4. The van der Waals surface area contributed by atoms with E-state index in [1.165, 1.54) is 42.4 Å². The highest BCUT2D eigenvalue weighted by Crippen LogP contribution is 2.24. The Bertz CT molecular complexity index is 818. The molecule has 2 aromatic carbocycles. The number of ether oxygens (including phenoxy) is 1. The van der Waals surface area contributed by atoms with Gasteiger partial charge in [-0.1, -0.05) is 49.2 Å². The third-order valence-electron chi connectivity index (χ3n) is 6.76. The fourth-order valence-corrected chi connectivity index (χ4v) is 4.78. The van der Waals surface area contributed by atoms with Crippen LogP contribution in [0.1, 0.15) is 56.2 Å². The van der Waals surface area contributed by atoms with Gasteiger partial charge in [-0.2, -0.15) is 0 Å². The van der Waals surface area contributed by atoms with Gasteiger partial charge in [-0.25, -0.2) is 0 Å². The van der Waals surface area contributed by atoms with Crippen molar-refractivity contribution in [2.24, 2.45) is 0 Å². The van der Waals surface area contributed by atoms with Gasteiger partial charge in [0.05, 0.1) is 0 Å². The summed E-state index contributed by atoms with van der Waals surface area (Å²) >= 11 is 0. The topological polar surface area (TPSA) is 44.7 Å². The molecule has 0 saturated heterocycles. The first-order chi connectivity index (χ1) is 14.6. The minimum absolute atomic E-state index is 0.257. The van der Waals surface area contributed by atoms with Crippen LogP contribution in [0.25, 0.3) is 0 Å². The van der Waals surface area contributed by atoms with Crippen LogP contribution in [0.5, 0.6) is 5.75 Å². The van der Waals surface area contributed by atoms with Crippen LogP contribution in [0.4, 0.5) is 0 Å². The van der Waals surface area contributed by atoms with Crippen molar-refractivity contribution in [3.05, 3.63) is 65.2 Å². The Kier molecular flexibility index (Phi) is 7.08. The summed E-state index contributed by atoms with van der Waals surface area (Å²) in [6.45, 7) is 6.61. The summed E-state index contributed by atoms with van der Waals surface area (Å²) in [5.41, 5.74) is 4.05. The zero-order valence-electron chi connectivity index (χ0n) is 18.4. The molecule has 1 saturated carbocycles. The summed E-state index contributed by atoms with van der Waals surface area (Å²) in [5, 5.41) is 14.5. The first kappa shape index (κ1) is 21.4. The summed E-state index contributed by atoms with van der Waals surface area (Å²) in [6.07, 6.45) is 5.52. The lowest BCUT2D eigenvalue weighted by molar-refractivity contribution is 0.00762. The fourth-order valence-electron chi connectivity index (χ4n) is 4.78. The van der Waals surface area contributed by atoms with E-state index in [1.807, 2.05) is 19.1 Å². The molecular formula is C26H36N2O2. The number of aliphatic hydroxyl groups is 1. The van der Waals surface area contributed by atoms with Crippen molar-refractivity contribution < 1.29 is 9.84 Å². The lowest BCUT2D eigenvalue weighted by atomic mass is 9.94. The third kappa shape index (κ3) is 5.42. The molecule has 0 bridgehead atoms. The Morgan fingerprint density at radius 2 is 1.87 bits per heavy atom. The monoisotopic (exact) mass is 408 g/mol. The van der Waals surface area contributed by atoms with E-state index >= 15 is 0 Å². The molecule has 4 rings (SSSR count). The second-order valence-electron chi connectivity index (χ2n) is 9.15. The molecule has 4 heteroatoms. The Morgan fingerprint density at radius 3 is 2.67 bits per heavy atom. The first-order valence-corrected chi connectivity index (χ1v) is 11.6. The molecule has 3 atom stereocenters. The lowest BCUT2D eigenvalue weighted by Gasteiger charge is -2.37. The van der Waals surface area contributed by atoms with E-state index < -0.39 is 6.10 Å². The number of fused-ring (bicyclic) bond motifs is 1. The molecule has 3 unspecified atom stereocenters. The smallest absolute Gasteiger partial charge is 0.123 e. The molecule has 1 heterocycles. The molecule has 0 spiro atoms. The number of nitrogens with one attached hydrogen (secondary N) is 1. The maximum atomic E-state index is 10.8. The van der Waals surface area contributed by atoms with Crippen LogP contribution in [0.3, 0.4) is 0 Å². The second kappa shape index (κ2) is 9.95. The molecule has 2 aromatic rings. The van der Waals surface area contributed by atoms with Gasteiger partial charge in [0.15, 0.2) is 0 Å². The minimum Gasteiger partial charge on any atom is -0.488 e. The van der Waals surface area contributed by atoms with Gasteiger partial charge in [-0.05, 0) is 61.9 Å². The highest BCUT2D eigenvalue weighted by Gasteiger charge is 2.27. The van der Waals surface area contributed by atoms with E-state index in [1.54, 1.807) is 0 Å². The predicted octanol–water partition coefficient (Wildman–Crippen LogP) is 4.29. The highest BCUT2D eigenvalue weighted by atomic mass is 16.5. The summed E-state index contributed by atoms with van der Waals surface area (Å²) in [6, 6.07) is 18.0. The van der Waals surface area contributed by atoms with Gasteiger partial charge >= 0.3 is 0 Å². The van der Waals surface area contributed by atoms with Crippen molar-refractivity contribution in [3.63, 3.8) is 0 Å². The zero-order chi connectivity index (χ0) is 20.9. The first-order valence-electron chi connectivity index (χ1n) is 11.6. The normalized spacial score (nSPS) is 21.9. The SMILES string of the molecule is CC(Oc1cccc(CNC2CCCC2)c1)C(O)CN1Cc2ccccc2CC1C. The van der Waals surface area contributed by atoms with Gasteiger partial charge in [0, 0.05) is 31.7 Å². The van der Waals surface area contributed by atoms with Gasteiger partial charge in [-0.15, -0.1) is 0 Å². The van der Waals surface area contributed by atoms with Crippen molar-refractivity contribution in [1.29, 1.82) is 0 Å². The van der Waals surface area contributed by atoms with Crippen LogP contribution >= 0.6 is 0 Å². The summed E-state index contributed by atoms with van der Waals surface area (Å²) in [7, 11) is 0. The summed E-state index contributed by atoms with van der Waals surface area (Å²) in [5.74, 6) is 0.837. The van der Waals surface area contributed by atoms with E-state index in [4.69, 9.17) is 4.74 Å². The largest absolute Gasteiger partial charge is 0.488 e. The molecular weight excluding hydrogens is 372 g/mol. The van der Waals surface area contributed by atoms with Crippen LogP contribution in [-0.2, 0) is 19.5 Å². The highest BCUT2D eigenvalue weighted by molar-refractivity contribution is 5.30. The standard InChI is InChI=1S/C26H36N2O2/c1-19-14-22-9-3-4-10-23(22)17-28(19)18-26(29)20(2)30-25-13-7-8-21(15-25)16-27-24-11-5-6-12-24/h3-4,7-10,13,15,19-20,24,26-27,29H,5-6,11-12,14,16-18H2,1-2H3. The maximum absolute atomic E-state index is 10.8. The van der Waals surface area contributed by atoms with Gasteiger partial charge in [0.2, 0.25) is 0 Å². The molecule has 30 heavy (non-hydrogen) atoms. The van der Waals surface area contributed by atoms with Crippen molar-refractivity contribution in [3.8, 4) is 5.75 Å². The molecule has 4 nitrogen and oxygen atoms in total. The molecule has 1 fully saturated rings. The Labute approximate surface area is 181 Å². The van der Waals surface area contributed by atoms with Gasteiger partial charge in [0.25, 0.3) is 0 Å². The quantitative estimate of drug-likeness (QED) is 0.684. The Balaban J connectivity index is 1.30. The third-order valence-corrected chi connectivity index (χ3v) is 6.76. The number of aliphatic hydroxyl groups excluding tert-OH is 1. The molecule has 1 aliphatic heterocycles. The molecule has 2 aliphatic rings. The number of nitrogens with zero attached hydrogens (tertiary/aromatic N) is 1. The fraction of sp³-hybridized carbons (Fsp3) is 0.538. The molecule has 0 amide bonds. The molecule has 1 aliphatic carbocycles. The summed E-state index contributed by atoms with van der Waals surface area (Å²) in [4.78, 5) is 2.37. The van der Waals surface area contributed by atoms with E-state index in [0.29, 0.717) is 18.6 Å². The van der Waals surface area contributed by atoms with Crippen molar-refractivity contribution >= 4 is 0 Å². The predicted molar refractivity (Wildman–Crippen MR) is 122 cm³/mol. The molecule has 0 radical (unpaired) electrons. The second-order valence-corrected chi connectivity index (χ2v) is 9.15. The minimum atomic E-state index is -0.530. The molecule has 2 N–H and O–H groups in total. The lowest BCUT2D eigenvalue weighted by Crippen LogP contribution is -2.46. The number of rotatable bonds is 8. The van der Waals surface area contributed by atoms with E-state index in [2.05, 4.69) is 53.5 Å².